The lowest BCUT2D eigenvalue weighted by molar-refractivity contribution is -0.119. The predicted molar refractivity (Wildman–Crippen MR) is 53.8 cm³/mol. The number of primary amides is 1. The highest BCUT2D eigenvalue weighted by Crippen LogP contribution is 2.30. The SMILES string of the molecule is NC(=O)COc1cccc2c1CCC2=O. The van der Waals surface area contributed by atoms with Crippen molar-refractivity contribution in [3.63, 3.8) is 0 Å². The van der Waals surface area contributed by atoms with Gasteiger partial charge in [-0.25, -0.2) is 0 Å². The van der Waals surface area contributed by atoms with Crippen LogP contribution in [0.5, 0.6) is 5.75 Å². The number of rotatable bonds is 3. The van der Waals surface area contributed by atoms with Gasteiger partial charge in [0.25, 0.3) is 5.91 Å². The van der Waals surface area contributed by atoms with Crippen LogP contribution < -0.4 is 10.5 Å². The molecule has 1 aromatic rings. The topological polar surface area (TPSA) is 69.4 Å². The van der Waals surface area contributed by atoms with Crippen molar-refractivity contribution in [1.29, 1.82) is 0 Å². The molecule has 0 unspecified atom stereocenters. The molecule has 0 radical (unpaired) electrons. The van der Waals surface area contributed by atoms with Crippen LogP contribution in [-0.4, -0.2) is 18.3 Å². The van der Waals surface area contributed by atoms with E-state index in [0.717, 1.165) is 5.56 Å². The van der Waals surface area contributed by atoms with E-state index < -0.39 is 5.91 Å². The number of carbonyl (C=O) groups is 2. The summed E-state index contributed by atoms with van der Waals surface area (Å²) in [7, 11) is 0. The molecule has 1 aliphatic rings. The number of hydrogen-bond acceptors (Lipinski definition) is 3. The minimum atomic E-state index is -0.517. The quantitative estimate of drug-likeness (QED) is 0.788. The van der Waals surface area contributed by atoms with Crippen LogP contribution in [-0.2, 0) is 11.2 Å². The van der Waals surface area contributed by atoms with Gasteiger partial charge < -0.3 is 10.5 Å². The van der Waals surface area contributed by atoms with Crippen molar-refractivity contribution in [3.05, 3.63) is 29.3 Å². The zero-order valence-electron chi connectivity index (χ0n) is 8.16. The standard InChI is InChI=1S/C11H11NO3/c12-11(14)6-15-10-3-1-2-7-8(10)4-5-9(7)13/h1-3H,4-6H2,(H2,12,14). The van der Waals surface area contributed by atoms with E-state index in [1.807, 2.05) is 0 Å². The van der Waals surface area contributed by atoms with E-state index in [9.17, 15) is 9.59 Å². The molecule has 15 heavy (non-hydrogen) atoms. The van der Waals surface area contributed by atoms with Crippen LogP contribution in [0.15, 0.2) is 18.2 Å². The molecule has 2 rings (SSSR count). The Bertz CT molecular complexity index is 426. The number of carbonyl (C=O) groups excluding carboxylic acids is 2. The third kappa shape index (κ3) is 1.83. The van der Waals surface area contributed by atoms with Crippen molar-refractivity contribution >= 4 is 11.7 Å². The first-order valence-corrected chi connectivity index (χ1v) is 4.74. The molecule has 4 heteroatoms. The summed E-state index contributed by atoms with van der Waals surface area (Å²) in [6.45, 7) is -0.148. The van der Waals surface area contributed by atoms with Gasteiger partial charge in [0, 0.05) is 17.5 Å². The molecule has 1 aliphatic carbocycles. The molecule has 0 atom stereocenters. The smallest absolute Gasteiger partial charge is 0.255 e. The Morgan fingerprint density at radius 3 is 2.93 bits per heavy atom. The molecule has 4 nitrogen and oxygen atoms in total. The Hall–Kier alpha value is -1.84. The monoisotopic (exact) mass is 205 g/mol. The first-order valence-electron chi connectivity index (χ1n) is 4.74. The van der Waals surface area contributed by atoms with E-state index in [0.29, 0.717) is 24.2 Å². The Morgan fingerprint density at radius 1 is 1.40 bits per heavy atom. The van der Waals surface area contributed by atoms with Crippen molar-refractivity contribution < 1.29 is 14.3 Å². The Balaban J connectivity index is 2.26. The van der Waals surface area contributed by atoms with Crippen LogP contribution in [0.1, 0.15) is 22.3 Å². The summed E-state index contributed by atoms with van der Waals surface area (Å²) < 4.78 is 5.23. The van der Waals surface area contributed by atoms with E-state index in [-0.39, 0.29) is 12.4 Å². The number of benzene rings is 1. The van der Waals surface area contributed by atoms with Crippen LogP contribution in [0.2, 0.25) is 0 Å². The van der Waals surface area contributed by atoms with Gasteiger partial charge in [0.2, 0.25) is 0 Å². The molecular formula is C11H11NO3. The van der Waals surface area contributed by atoms with Gasteiger partial charge in [-0.15, -0.1) is 0 Å². The summed E-state index contributed by atoms with van der Waals surface area (Å²) in [6.07, 6.45) is 1.20. The minimum Gasteiger partial charge on any atom is -0.483 e. The van der Waals surface area contributed by atoms with Gasteiger partial charge in [-0.3, -0.25) is 9.59 Å². The van der Waals surface area contributed by atoms with Gasteiger partial charge in [0.15, 0.2) is 12.4 Å². The zero-order chi connectivity index (χ0) is 10.8. The molecule has 2 N–H and O–H groups in total. The van der Waals surface area contributed by atoms with Crippen molar-refractivity contribution in [3.8, 4) is 5.75 Å². The second-order valence-electron chi connectivity index (χ2n) is 3.46. The number of hydrogen-bond donors (Lipinski definition) is 1. The minimum absolute atomic E-state index is 0.134. The largest absolute Gasteiger partial charge is 0.483 e. The van der Waals surface area contributed by atoms with Crippen LogP contribution in [0.3, 0.4) is 0 Å². The fourth-order valence-electron chi connectivity index (χ4n) is 1.74. The molecule has 0 aromatic heterocycles. The Labute approximate surface area is 87.0 Å². The van der Waals surface area contributed by atoms with E-state index in [4.69, 9.17) is 10.5 Å². The summed E-state index contributed by atoms with van der Waals surface area (Å²) >= 11 is 0. The predicted octanol–water partition coefficient (Wildman–Crippen LogP) is 0.680. The van der Waals surface area contributed by atoms with Gasteiger partial charge in [0.05, 0.1) is 0 Å². The number of amides is 1. The van der Waals surface area contributed by atoms with Crippen LogP contribution >= 0.6 is 0 Å². The van der Waals surface area contributed by atoms with Gasteiger partial charge in [-0.05, 0) is 12.5 Å². The van der Waals surface area contributed by atoms with Crippen molar-refractivity contribution in [2.75, 3.05) is 6.61 Å². The third-order valence-electron chi connectivity index (χ3n) is 2.41. The summed E-state index contributed by atoms with van der Waals surface area (Å²) in [5, 5.41) is 0. The molecule has 0 fully saturated rings. The highest BCUT2D eigenvalue weighted by atomic mass is 16.5. The van der Waals surface area contributed by atoms with Crippen molar-refractivity contribution in [2.45, 2.75) is 12.8 Å². The van der Waals surface area contributed by atoms with Crippen LogP contribution in [0, 0.1) is 0 Å². The van der Waals surface area contributed by atoms with Crippen LogP contribution in [0.25, 0.3) is 0 Å². The molecule has 1 aromatic carbocycles. The summed E-state index contributed by atoms with van der Waals surface area (Å²) in [6, 6.07) is 5.28. The van der Waals surface area contributed by atoms with E-state index in [2.05, 4.69) is 0 Å². The first kappa shape index (κ1) is 9.71. The lowest BCUT2D eigenvalue weighted by Crippen LogP contribution is -2.20. The number of ether oxygens (including phenoxy) is 1. The van der Waals surface area contributed by atoms with E-state index >= 15 is 0 Å². The zero-order valence-corrected chi connectivity index (χ0v) is 8.16. The lowest BCUT2D eigenvalue weighted by Gasteiger charge is -2.07. The van der Waals surface area contributed by atoms with Gasteiger partial charge >= 0.3 is 0 Å². The maximum atomic E-state index is 11.4. The average molecular weight is 205 g/mol. The molecule has 0 bridgehead atoms. The van der Waals surface area contributed by atoms with Gasteiger partial charge in [-0.2, -0.15) is 0 Å². The fourth-order valence-corrected chi connectivity index (χ4v) is 1.74. The average Bonchev–Trinajstić information content (AvgIpc) is 2.58. The molecule has 0 spiro atoms. The molecule has 0 heterocycles. The molecule has 78 valence electrons. The fraction of sp³-hybridized carbons (Fsp3) is 0.273. The second kappa shape index (κ2) is 3.73. The number of Topliss-reactive ketones (excluding diaryl/α,β-unsaturated/α-hetero) is 1. The number of nitrogens with two attached hydrogens (primary N) is 1. The first-order chi connectivity index (χ1) is 7.18. The van der Waals surface area contributed by atoms with E-state index in [1.54, 1.807) is 18.2 Å². The number of fused-ring (bicyclic) bond motifs is 1. The maximum absolute atomic E-state index is 11.4. The molecule has 0 saturated carbocycles. The van der Waals surface area contributed by atoms with Crippen LogP contribution in [0.4, 0.5) is 0 Å². The number of ketones is 1. The van der Waals surface area contributed by atoms with Crippen molar-refractivity contribution in [2.24, 2.45) is 5.73 Å². The maximum Gasteiger partial charge on any atom is 0.255 e. The highest BCUT2D eigenvalue weighted by Gasteiger charge is 2.22. The molecule has 1 amide bonds. The second-order valence-corrected chi connectivity index (χ2v) is 3.46. The molecule has 0 saturated heterocycles. The van der Waals surface area contributed by atoms with E-state index in [1.165, 1.54) is 0 Å². The molecule has 0 aliphatic heterocycles. The Kier molecular flexibility index (Phi) is 2.41. The highest BCUT2D eigenvalue weighted by molar-refractivity contribution is 6.01. The third-order valence-corrected chi connectivity index (χ3v) is 2.41. The lowest BCUT2D eigenvalue weighted by atomic mass is 10.1. The Morgan fingerprint density at radius 2 is 2.20 bits per heavy atom. The van der Waals surface area contributed by atoms with Gasteiger partial charge in [0.1, 0.15) is 5.75 Å². The summed E-state index contributed by atoms with van der Waals surface area (Å²) in [4.78, 5) is 22.0. The van der Waals surface area contributed by atoms with Gasteiger partial charge in [-0.1, -0.05) is 12.1 Å². The normalized spacial score (nSPS) is 13.7. The summed E-state index contributed by atoms with van der Waals surface area (Å²) in [5.74, 6) is 0.212. The summed E-state index contributed by atoms with van der Waals surface area (Å²) in [5.41, 5.74) is 6.58. The van der Waals surface area contributed by atoms with Crippen molar-refractivity contribution in [1.82, 2.24) is 0 Å². The molecular weight excluding hydrogens is 194 g/mol.